The van der Waals surface area contributed by atoms with Gasteiger partial charge < -0.3 is 19.8 Å². The van der Waals surface area contributed by atoms with Crippen molar-refractivity contribution < 1.29 is 9.90 Å². The number of hydrogen-bond acceptors (Lipinski definition) is 5. The van der Waals surface area contributed by atoms with Crippen molar-refractivity contribution in [1.82, 2.24) is 19.6 Å². The Labute approximate surface area is 128 Å². The highest BCUT2D eigenvalue weighted by molar-refractivity contribution is 5.78. The van der Waals surface area contributed by atoms with Crippen molar-refractivity contribution in [3.8, 4) is 0 Å². The predicted molar refractivity (Wildman–Crippen MR) is 83.3 cm³/mol. The zero-order chi connectivity index (χ0) is 15.5. The quantitative estimate of drug-likeness (QED) is 0.716. The van der Waals surface area contributed by atoms with Crippen LogP contribution in [0.3, 0.4) is 0 Å². The first kappa shape index (κ1) is 16.7. The van der Waals surface area contributed by atoms with Gasteiger partial charge in [-0.05, 0) is 27.1 Å². The third-order valence-electron chi connectivity index (χ3n) is 4.57. The molecule has 2 aliphatic rings. The smallest absolute Gasteiger partial charge is 0.236 e. The maximum Gasteiger partial charge on any atom is 0.236 e. The van der Waals surface area contributed by atoms with Crippen molar-refractivity contribution in [2.75, 3.05) is 73.0 Å². The molecule has 0 aliphatic carbocycles. The minimum absolute atomic E-state index is 0.162. The highest BCUT2D eigenvalue weighted by atomic mass is 16.3. The van der Waals surface area contributed by atoms with Crippen LogP contribution < -0.4 is 0 Å². The second-order valence-electron chi connectivity index (χ2n) is 6.74. The molecule has 6 heteroatoms. The van der Waals surface area contributed by atoms with E-state index in [-0.39, 0.29) is 5.91 Å². The van der Waals surface area contributed by atoms with Gasteiger partial charge in [-0.1, -0.05) is 6.92 Å². The normalized spacial score (nSPS) is 28.5. The third kappa shape index (κ3) is 4.64. The van der Waals surface area contributed by atoms with E-state index in [0.717, 1.165) is 32.7 Å². The number of aliphatic hydroxyl groups is 1. The van der Waals surface area contributed by atoms with Gasteiger partial charge in [0.05, 0.1) is 18.7 Å². The Kier molecular flexibility index (Phi) is 5.60. The van der Waals surface area contributed by atoms with Crippen molar-refractivity contribution in [1.29, 1.82) is 0 Å². The summed E-state index contributed by atoms with van der Waals surface area (Å²) in [4.78, 5) is 20.8. The second kappa shape index (κ2) is 7.05. The maximum absolute atomic E-state index is 12.4. The van der Waals surface area contributed by atoms with Gasteiger partial charge >= 0.3 is 0 Å². The highest BCUT2D eigenvalue weighted by Gasteiger charge is 2.38. The molecule has 2 fully saturated rings. The van der Waals surface area contributed by atoms with Crippen LogP contribution in [-0.4, -0.2) is 109 Å². The molecule has 0 aromatic heterocycles. The van der Waals surface area contributed by atoms with Crippen LogP contribution in [0.4, 0.5) is 0 Å². The second-order valence-corrected chi connectivity index (χ2v) is 6.74. The zero-order valence-corrected chi connectivity index (χ0v) is 13.7. The number of likely N-dealkylation sites (N-methyl/N-ethyl adjacent to an activating group) is 2. The van der Waals surface area contributed by atoms with E-state index in [4.69, 9.17) is 0 Å². The van der Waals surface area contributed by atoms with Crippen LogP contribution in [0.5, 0.6) is 0 Å². The summed E-state index contributed by atoms with van der Waals surface area (Å²) in [7, 11) is 3.91. The van der Waals surface area contributed by atoms with E-state index in [2.05, 4.69) is 16.7 Å². The Morgan fingerprint density at radius 3 is 2.33 bits per heavy atom. The van der Waals surface area contributed by atoms with Gasteiger partial charge in [-0.3, -0.25) is 9.69 Å². The largest absolute Gasteiger partial charge is 0.387 e. The standard InChI is InChI=1S/C15H30N4O2/c1-4-17-7-9-18(10-8-17)11-14(20)19-6-5-15(21,13-19)12-16(2)3/h21H,4-13H2,1-3H3. The van der Waals surface area contributed by atoms with Crippen LogP contribution in [0.25, 0.3) is 0 Å². The molecule has 0 spiro atoms. The molecule has 21 heavy (non-hydrogen) atoms. The fourth-order valence-corrected chi connectivity index (χ4v) is 3.34. The van der Waals surface area contributed by atoms with Crippen molar-refractivity contribution in [2.24, 2.45) is 0 Å². The van der Waals surface area contributed by atoms with Gasteiger partial charge in [0.15, 0.2) is 0 Å². The Hall–Kier alpha value is -0.690. The molecule has 0 aromatic rings. The van der Waals surface area contributed by atoms with Crippen LogP contribution >= 0.6 is 0 Å². The van der Waals surface area contributed by atoms with Crippen LogP contribution in [0, 0.1) is 0 Å². The first-order valence-corrected chi connectivity index (χ1v) is 8.01. The van der Waals surface area contributed by atoms with E-state index in [0.29, 0.717) is 32.6 Å². The van der Waals surface area contributed by atoms with E-state index in [1.165, 1.54) is 0 Å². The fourth-order valence-electron chi connectivity index (χ4n) is 3.34. The maximum atomic E-state index is 12.4. The lowest BCUT2D eigenvalue weighted by atomic mass is 10.0. The van der Waals surface area contributed by atoms with E-state index in [1.807, 2.05) is 23.9 Å². The Morgan fingerprint density at radius 1 is 1.14 bits per heavy atom. The summed E-state index contributed by atoms with van der Waals surface area (Å²) >= 11 is 0. The van der Waals surface area contributed by atoms with Crippen molar-refractivity contribution >= 4 is 5.91 Å². The number of amides is 1. The van der Waals surface area contributed by atoms with Crippen LogP contribution in [0.1, 0.15) is 13.3 Å². The summed E-state index contributed by atoms with van der Waals surface area (Å²) in [5, 5.41) is 10.5. The number of hydrogen-bond donors (Lipinski definition) is 1. The Balaban J connectivity index is 1.77. The molecule has 2 rings (SSSR count). The molecule has 2 heterocycles. The van der Waals surface area contributed by atoms with E-state index in [9.17, 15) is 9.90 Å². The minimum Gasteiger partial charge on any atom is -0.387 e. The monoisotopic (exact) mass is 298 g/mol. The summed E-state index contributed by atoms with van der Waals surface area (Å²) in [6.45, 7) is 9.56. The van der Waals surface area contributed by atoms with Gasteiger partial charge in [-0.2, -0.15) is 0 Å². The van der Waals surface area contributed by atoms with E-state index in [1.54, 1.807) is 0 Å². The van der Waals surface area contributed by atoms with Crippen molar-refractivity contribution in [3.05, 3.63) is 0 Å². The molecular weight excluding hydrogens is 268 g/mol. The van der Waals surface area contributed by atoms with E-state index >= 15 is 0 Å². The molecule has 2 saturated heterocycles. The summed E-state index contributed by atoms with van der Waals surface area (Å²) in [6, 6.07) is 0. The molecule has 2 aliphatic heterocycles. The van der Waals surface area contributed by atoms with Crippen LogP contribution in [0.2, 0.25) is 0 Å². The molecule has 0 radical (unpaired) electrons. The van der Waals surface area contributed by atoms with Gasteiger partial charge in [0.2, 0.25) is 5.91 Å². The SMILES string of the molecule is CCN1CCN(CC(=O)N2CCC(O)(CN(C)C)C2)CC1. The third-order valence-corrected chi connectivity index (χ3v) is 4.57. The average Bonchev–Trinajstić information content (AvgIpc) is 2.81. The number of nitrogens with zero attached hydrogens (tertiary/aromatic N) is 4. The molecule has 0 aromatic carbocycles. The Morgan fingerprint density at radius 2 is 1.76 bits per heavy atom. The van der Waals surface area contributed by atoms with Gasteiger partial charge in [-0.15, -0.1) is 0 Å². The first-order chi connectivity index (χ1) is 9.92. The summed E-state index contributed by atoms with van der Waals surface area (Å²) in [6.07, 6.45) is 0.681. The van der Waals surface area contributed by atoms with Crippen molar-refractivity contribution in [2.45, 2.75) is 18.9 Å². The number of carbonyl (C=O) groups excluding carboxylic acids is 1. The fraction of sp³-hybridized carbons (Fsp3) is 0.933. The lowest BCUT2D eigenvalue weighted by molar-refractivity contribution is -0.132. The number of rotatable bonds is 5. The van der Waals surface area contributed by atoms with Crippen LogP contribution in [0.15, 0.2) is 0 Å². The highest BCUT2D eigenvalue weighted by Crippen LogP contribution is 2.22. The average molecular weight is 298 g/mol. The first-order valence-electron chi connectivity index (χ1n) is 8.01. The van der Waals surface area contributed by atoms with Gasteiger partial charge in [0.1, 0.15) is 0 Å². The molecular formula is C15H30N4O2. The number of piperazine rings is 1. The van der Waals surface area contributed by atoms with Crippen LogP contribution in [-0.2, 0) is 4.79 Å². The number of carbonyl (C=O) groups is 1. The summed E-state index contributed by atoms with van der Waals surface area (Å²) in [5.74, 6) is 0.162. The molecule has 122 valence electrons. The lowest BCUT2D eigenvalue weighted by Gasteiger charge is -2.34. The van der Waals surface area contributed by atoms with E-state index < -0.39 is 5.60 Å². The predicted octanol–water partition coefficient (Wildman–Crippen LogP) is -0.851. The molecule has 1 amide bonds. The number of likely N-dealkylation sites (tertiary alicyclic amines) is 1. The van der Waals surface area contributed by atoms with Gasteiger partial charge in [0.25, 0.3) is 0 Å². The molecule has 6 nitrogen and oxygen atoms in total. The van der Waals surface area contributed by atoms with Gasteiger partial charge in [-0.25, -0.2) is 0 Å². The molecule has 1 unspecified atom stereocenters. The molecule has 1 atom stereocenters. The zero-order valence-electron chi connectivity index (χ0n) is 13.7. The number of β-amino-alcohol motifs (C(OH)–C–C–N with tert-alkyl or cyclic N) is 1. The topological polar surface area (TPSA) is 50.3 Å². The van der Waals surface area contributed by atoms with Gasteiger partial charge in [0, 0.05) is 39.3 Å². The molecule has 1 N–H and O–H groups in total. The molecule has 0 bridgehead atoms. The van der Waals surface area contributed by atoms with Crippen molar-refractivity contribution in [3.63, 3.8) is 0 Å². The molecule has 0 saturated carbocycles. The Bertz CT molecular complexity index is 356. The lowest BCUT2D eigenvalue weighted by Crippen LogP contribution is -2.50. The minimum atomic E-state index is -0.736. The summed E-state index contributed by atoms with van der Waals surface area (Å²) < 4.78 is 0. The summed E-state index contributed by atoms with van der Waals surface area (Å²) in [5.41, 5.74) is -0.736.